The third-order valence-corrected chi connectivity index (χ3v) is 5.25. The highest BCUT2D eigenvalue weighted by molar-refractivity contribution is 5.94. The van der Waals surface area contributed by atoms with Crippen LogP contribution < -0.4 is 10.9 Å². The molecule has 1 aliphatic rings. The third-order valence-electron chi connectivity index (χ3n) is 5.25. The van der Waals surface area contributed by atoms with Gasteiger partial charge in [-0.15, -0.1) is 0 Å². The molecule has 1 aliphatic heterocycles. The van der Waals surface area contributed by atoms with Crippen LogP contribution in [0.2, 0.25) is 0 Å². The second kappa shape index (κ2) is 8.26. The molecule has 7 nitrogen and oxygen atoms in total. The van der Waals surface area contributed by atoms with Gasteiger partial charge < -0.3 is 10.2 Å². The molecule has 29 heavy (non-hydrogen) atoms. The summed E-state index contributed by atoms with van der Waals surface area (Å²) in [5, 5.41) is 3.40. The molecule has 4 rings (SSSR count). The quantitative estimate of drug-likeness (QED) is 0.742. The number of carbonyl (C=O) groups excluding carboxylic acids is 1. The van der Waals surface area contributed by atoms with Crippen molar-refractivity contribution in [3.63, 3.8) is 0 Å². The molecular weight excluding hydrogens is 366 g/mol. The average molecular weight is 389 g/mol. The smallest absolute Gasteiger partial charge is 0.255 e. The van der Waals surface area contributed by atoms with Gasteiger partial charge in [-0.05, 0) is 37.1 Å². The number of nitrogens with one attached hydrogen (secondary N) is 1. The number of rotatable bonds is 4. The molecule has 3 heterocycles. The molecule has 0 unspecified atom stereocenters. The molecule has 0 saturated carbocycles. The second-order valence-corrected chi connectivity index (χ2v) is 7.17. The maximum Gasteiger partial charge on any atom is 0.255 e. The molecule has 1 amide bonds. The summed E-state index contributed by atoms with van der Waals surface area (Å²) in [6.45, 7) is 1.34. The van der Waals surface area contributed by atoms with Crippen molar-refractivity contribution in [2.24, 2.45) is 7.05 Å². The van der Waals surface area contributed by atoms with Crippen LogP contribution in [0.25, 0.3) is 11.3 Å². The fraction of sp³-hybridized carbons (Fsp3) is 0.273. The Labute approximate surface area is 169 Å². The monoisotopic (exact) mass is 389 g/mol. The molecule has 7 heteroatoms. The van der Waals surface area contributed by atoms with Crippen LogP contribution in [0.15, 0.2) is 65.7 Å². The van der Waals surface area contributed by atoms with E-state index in [9.17, 15) is 9.59 Å². The van der Waals surface area contributed by atoms with Gasteiger partial charge in [0.05, 0.1) is 5.69 Å². The van der Waals surface area contributed by atoms with Gasteiger partial charge in [0.15, 0.2) is 0 Å². The van der Waals surface area contributed by atoms with Crippen LogP contribution in [-0.4, -0.2) is 44.5 Å². The van der Waals surface area contributed by atoms with Crippen molar-refractivity contribution in [2.75, 3.05) is 18.4 Å². The van der Waals surface area contributed by atoms with Crippen LogP contribution >= 0.6 is 0 Å². The summed E-state index contributed by atoms with van der Waals surface area (Å²) in [6.07, 6.45) is 4.96. The summed E-state index contributed by atoms with van der Waals surface area (Å²) in [5.41, 5.74) is 2.07. The largest absolute Gasteiger partial charge is 0.353 e. The number of likely N-dealkylation sites (tertiary alicyclic amines) is 1. The number of piperidine rings is 1. The molecule has 3 aromatic rings. The predicted octanol–water partition coefficient (Wildman–Crippen LogP) is 2.56. The molecule has 0 radical (unpaired) electrons. The van der Waals surface area contributed by atoms with E-state index in [-0.39, 0.29) is 17.5 Å². The summed E-state index contributed by atoms with van der Waals surface area (Å²) >= 11 is 0. The first kappa shape index (κ1) is 18.9. The Balaban J connectivity index is 1.45. The van der Waals surface area contributed by atoms with Gasteiger partial charge in [-0.25, -0.2) is 4.98 Å². The van der Waals surface area contributed by atoms with E-state index in [2.05, 4.69) is 15.3 Å². The van der Waals surface area contributed by atoms with Crippen LogP contribution in [0.5, 0.6) is 0 Å². The van der Waals surface area contributed by atoms with E-state index in [0.717, 1.165) is 18.4 Å². The number of nitrogens with zero attached hydrogens (tertiary/aromatic N) is 4. The van der Waals surface area contributed by atoms with Gasteiger partial charge in [-0.3, -0.25) is 19.1 Å². The van der Waals surface area contributed by atoms with Crippen LogP contribution in [0.3, 0.4) is 0 Å². The number of benzene rings is 1. The number of hydrogen-bond acceptors (Lipinski definition) is 5. The molecule has 148 valence electrons. The summed E-state index contributed by atoms with van der Waals surface area (Å²) in [5.74, 6) is 0.603. The van der Waals surface area contributed by atoms with Crippen LogP contribution in [0.1, 0.15) is 23.2 Å². The maximum absolute atomic E-state index is 12.6. The zero-order chi connectivity index (χ0) is 20.2. The number of carbonyl (C=O) groups is 1. The Hall–Kier alpha value is -3.48. The summed E-state index contributed by atoms with van der Waals surface area (Å²) in [7, 11) is 1.71. The number of hydrogen-bond donors (Lipinski definition) is 1. The Morgan fingerprint density at radius 2 is 1.76 bits per heavy atom. The van der Waals surface area contributed by atoms with Gasteiger partial charge in [0.2, 0.25) is 5.95 Å². The fourth-order valence-electron chi connectivity index (χ4n) is 3.51. The van der Waals surface area contributed by atoms with Gasteiger partial charge in [-0.2, -0.15) is 0 Å². The molecule has 1 fully saturated rings. The Kier molecular flexibility index (Phi) is 5.37. The summed E-state index contributed by atoms with van der Waals surface area (Å²) in [6, 6.07) is 14.7. The van der Waals surface area contributed by atoms with Crippen molar-refractivity contribution in [1.82, 2.24) is 19.4 Å². The SMILES string of the molecule is Cn1c(NC2CCN(C(=O)c3ccccc3)CC2)nc(-c2ccncc2)cc1=O. The molecule has 0 atom stereocenters. The zero-order valence-corrected chi connectivity index (χ0v) is 16.3. The molecule has 0 spiro atoms. The number of amides is 1. The lowest BCUT2D eigenvalue weighted by atomic mass is 10.0. The first-order valence-electron chi connectivity index (χ1n) is 9.71. The summed E-state index contributed by atoms with van der Waals surface area (Å²) < 4.78 is 1.52. The van der Waals surface area contributed by atoms with E-state index in [1.165, 1.54) is 10.6 Å². The molecular formula is C22H23N5O2. The minimum absolute atomic E-state index is 0.0641. The molecule has 2 aromatic heterocycles. The van der Waals surface area contributed by atoms with Gasteiger partial charge in [0.25, 0.3) is 11.5 Å². The standard InChI is InChI=1S/C22H23N5O2/c1-26-20(28)15-19(16-7-11-23-12-8-16)25-22(26)24-18-9-13-27(14-10-18)21(29)17-5-3-2-4-6-17/h2-8,11-12,15,18H,9-10,13-14H2,1H3,(H,24,25). The fourth-order valence-corrected chi connectivity index (χ4v) is 3.51. The van der Waals surface area contributed by atoms with Gasteiger partial charge in [-0.1, -0.05) is 18.2 Å². The Bertz CT molecular complexity index is 1040. The first-order valence-corrected chi connectivity index (χ1v) is 9.71. The van der Waals surface area contributed by atoms with E-state index < -0.39 is 0 Å². The van der Waals surface area contributed by atoms with Crippen molar-refractivity contribution in [2.45, 2.75) is 18.9 Å². The van der Waals surface area contributed by atoms with E-state index in [0.29, 0.717) is 30.3 Å². The molecule has 1 aromatic carbocycles. The molecule has 1 N–H and O–H groups in total. The Morgan fingerprint density at radius 3 is 2.45 bits per heavy atom. The lowest BCUT2D eigenvalue weighted by Crippen LogP contribution is -2.43. The normalized spacial score (nSPS) is 14.6. The van der Waals surface area contributed by atoms with Crippen molar-refractivity contribution in [3.8, 4) is 11.3 Å². The number of aromatic nitrogens is 3. The molecule has 0 bridgehead atoms. The summed E-state index contributed by atoms with van der Waals surface area (Å²) in [4.78, 5) is 35.5. The van der Waals surface area contributed by atoms with Crippen molar-refractivity contribution in [1.29, 1.82) is 0 Å². The highest BCUT2D eigenvalue weighted by Gasteiger charge is 2.24. The lowest BCUT2D eigenvalue weighted by molar-refractivity contribution is 0.0718. The predicted molar refractivity (Wildman–Crippen MR) is 112 cm³/mol. The van der Waals surface area contributed by atoms with E-state index in [1.807, 2.05) is 47.4 Å². The average Bonchev–Trinajstić information content (AvgIpc) is 2.78. The van der Waals surface area contributed by atoms with Crippen molar-refractivity contribution < 1.29 is 4.79 Å². The second-order valence-electron chi connectivity index (χ2n) is 7.17. The molecule has 1 saturated heterocycles. The van der Waals surface area contributed by atoms with Crippen LogP contribution in [0, 0.1) is 0 Å². The number of pyridine rings is 1. The van der Waals surface area contributed by atoms with E-state index in [4.69, 9.17) is 0 Å². The van der Waals surface area contributed by atoms with Crippen molar-refractivity contribution in [3.05, 3.63) is 76.8 Å². The van der Waals surface area contributed by atoms with Crippen molar-refractivity contribution >= 4 is 11.9 Å². The van der Waals surface area contributed by atoms with Crippen LogP contribution in [0.4, 0.5) is 5.95 Å². The van der Waals surface area contributed by atoms with E-state index >= 15 is 0 Å². The minimum Gasteiger partial charge on any atom is -0.353 e. The highest BCUT2D eigenvalue weighted by Crippen LogP contribution is 2.19. The zero-order valence-electron chi connectivity index (χ0n) is 16.3. The Morgan fingerprint density at radius 1 is 1.07 bits per heavy atom. The number of anilines is 1. The van der Waals surface area contributed by atoms with Gasteiger partial charge in [0, 0.05) is 55.8 Å². The van der Waals surface area contributed by atoms with E-state index in [1.54, 1.807) is 19.4 Å². The van der Waals surface area contributed by atoms with Gasteiger partial charge in [0.1, 0.15) is 0 Å². The topological polar surface area (TPSA) is 80.1 Å². The maximum atomic E-state index is 12.6. The van der Waals surface area contributed by atoms with Gasteiger partial charge >= 0.3 is 0 Å². The highest BCUT2D eigenvalue weighted by atomic mass is 16.2. The molecule has 0 aliphatic carbocycles. The lowest BCUT2D eigenvalue weighted by Gasteiger charge is -2.33. The third kappa shape index (κ3) is 4.18. The minimum atomic E-state index is -0.119. The first-order chi connectivity index (χ1) is 14.1. The van der Waals surface area contributed by atoms with Crippen LogP contribution in [-0.2, 0) is 7.05 Å².